The predicted molar refractivity (Wildman–Crippen MR) is 89.1 cm³/mol. The number of carbonyl (C=O) groups excluding carboxylic acids is 1. The summed E-state index contributed by atoms with van der Waals surface area (Å²) in [4.78, 5) is 11.9. The van der Waals surface area contributed by atoms with E-state index in [1.54, 1.807) is 18.4 Å². The van der Waals surface area contributed by atoms with Crippen LogP contribution in [-0.4, -0.2) is 25.9 Å². The van der Waals surface area contributed by atoms with E-state index in [1.165, 1.54) is 7.11 Å². The van der Waals surface area contributed by atoms with E-state index in [1.807, 2.05) is 0 Å². The third kappa shape index (κ3) is 3.37. The van der Waals surface area contributed by atoms with Gasteiger partial charge in [0.05, 0.1) is 24.8 Å². The summed E-state index contributed by atoms with van der Waals surface area (Å²) in [6.07, 6.45) is 6.88. The second-order valence-corrected chi connectivity index (χ2v) is 6.34. The quantitative estimate of drug-likeness (QED) is 0.631. The normalized spacial score (nSPS) is 21.1. The molecular weight excluding hydrogens is 330 g/mol. The fourth-order valence-electron chi connectivity index (χ4n) is 3.00. The molecule has 134 valence electrons. The Hall–Kier alpha value is -2.41. The number of nitrogens with two attached hydrogens (primary N) is 1. The van der Waals surface area contributed by atoms with Crippen molar-refractivity contribution in [2.24, 2.45) is 5.41 Å². The van der Waals surface area contributed by atoms with Crippen LogP contribution in [0.25, 0.3) is 5.57 Å². The number of nitrogens with one attached hydrogen (secondary N) is 1. The predicted octanol–water partition coefficient (Wildman–Crippen LogP) is 2.73. The largest absolute Gasteiger partial charge is 0.469 e. The van der Waals surface area contributed by atoms with E-state index in [-0.39, 0.29) is 23.8 Å². The van der Waals surface area contributed by atoms with Gasteiger partial charge in [-0.25, -0.2) is 8.78 Å². The van der Waals surface area contributed by atoms with Crippen molar-refractivity contribution in [2.45, 2.75) is 25.5 Å². The van der Waals surface area contributed by atoms with Crippen LogP contribution >= 0.6 is 0 Å². The highest BCUT2D eigenvalue weighted by molar-refractivity contribution is 5.78. The minimum absolute atomic E-state index is 0.110. The van der Waals surface area contributed by atoms with Gasteiger partial charge in [0.2, 0.25) is 0 Å². The van der Waals surface area contributed by atoms with Crippen LogP contribution < -0.4 is 11.1 Å². The third-order valence-electron chi connectivity index (χ3n) is 4.72. The minimum atomic E-state index is -0.672. The van der Waals surface area contributed by atoms with Crippen molar-refractivity contribution in [3.05, 3.63) is 47.7 Å². The number of hydrogen-bond donors (Lipinski definition) is 2. The topological polar surface area (TPSA) is 73.6 Å². The molecule has 0 saturated heterocycles. The number of halogens is 2. The maximum atomic E-state index is 14.0. The summed E-state index contributed by atoms with van der Waals surface area (Å²) >= 11 is 0. The number of esters is 1. The van der Waals surface area contributed by atoms with E-state index >= 15 is 0 Å². The highest BCUT2D eigenvalue weighted by Gasteiger charge is 2.46. The molecule has 1 unspecified atom stereocenters. The molecule has 1 aliphatic carbocycles. The highest BCUT2D eigenvalue weighted by Crippen LogP contribution is 2.42. The molecule has 1 heterocycles. The maximum absolute atomic E-state index is 14.0. The molecule has 0 amide bonds. The first kappa shape index (κ1) is 17.4. The zero-order chi connectivity index (χ0) is 18.0. The van der Waals surface area contributed by atoms with E-state index < -0.39 is 23.3 Å². The van der Waals surface area contributed by atoms with Crippen LogP contribution in [0.15, 0.2) is 30.5 Å². The molecule has 3 rings (SSSR count). The molecule has 0 aromatic heterocycles. The third-order valence-corrected chi connectivity index (χ3v) is 4.72. The standard InChI is InChI=1S/C18H20F2N2O3/c1-24-17(23)18(5-2-6-18)10-25-16-4-3-11(9-22-16)12-7-14(20)15(21)8-13(12)19/h3-4,7-9,16,22H,2,5-6,10,21H2,1H3. The van der Waals surface area contributed by atoms with Crippen LogP contribution in [0.3, 0.4) is 0 Å². The molecular formula is C18H20F2N2O3. The summed E-state index contributed by atoms with van der Waals surface area (Å²) in [6.45, 7) is 0.246. The van der Waals surface area contributed by atoms with Crippen molar-refractivity contribution in [1.82, 2.24) is 5.32 Å². The number of methoxy groups -OCH3 is 1. The lowest BCUT2D eigenvalue weighted by molar-refractivity contribution is -0.165. The monoisotopic (exact) mass is 350 g/mol. The smallest absolute Gasteiger partial charge is 0.314 e. The Morgan fingerprint density at radius 2 is 2.12 bits per heavy atom. The molecule has 1 atom stereocenters. The average molecular weight is 350 g/mol. The van der Waals surface area contributed by atoms with E-state index in [0.29, 0.717) is 5.57 Å². The lowest BCUT2D eigenvalue weighted by Gasteiger charge is -2.39. The van der Waals surface area contributed by atoms with Gasteiger partial charge in [0.25, 0.3) is 0 Å². The number of rotatable bonds is 5. The van der Waals surface area contributed by atoms with Gasteiger partial charge in [-0.1, -0.05) is 12.5 Å². The van der Waals surface area contributed by atoms with Gasteiger partial charge in [0.1, 0.15) is 17.9 Å². The van der Waals surface area contributed by atoms with Gasteiger partial charge in [0, 0.05) is 23.4 Å². The van der Waals surface area contributed by atoms with Gasteiger partial charge in [-0.3, -0.25) is 4.79 Å². The first-order chi connectivity index (χ1) is 11.9. The molecule has 5 nitrogen and oxygen atoms in total. The van der Waals surface area contributed by atoms with Crippen molar-refractivity contribution in [1.29, 1.82) is 0 Å². The molecule has 1 fully saturated rings. The van der Waals surface area contributed by atoms with Gasteiger partial charge in [0.15, 0.2) is 0 Å². The second kappa shape index (κ2) is 6.84. The average Bonchev–Trinajstić information content (AvgIpc) is 2.57. The molecule has 3 N–H and O–H groups in total. The van der Waals surface area contributed by atoms with Gasteiger partial charge in [-0.05, 0) is 25.0 Å². The number of nitrogen functional groups attached to an aromatic ring is 1. The summed E-state index contributed by atoms with van der Waals surface area (Å²) in [5, 5.41) is 2.96. The van der Waals surface area contributed by atoms with E-state index in [2.05, 4.69) is 5.32 Å². The summed E-state index contributed by atoms with van der Waals surface area (Å²) in [6, 6.07) is 2.02. The van der Waals surface area contributed by atoms with Crippen LogP contribution in [0.4, 0.5) is 14.5 Å². The molecule has 0 bridgehead atoms. The molecule has 1 aliphatic heterocycles. The zero-order valence-corrected chi connectivity index (χ0v) is 13.9. The molecule has 1 aromatic carbocycles. The van der Waals surface area contributed by atoms with Crippen molar-refractivity contribution in [3.63, 3.8) is 0 Å². The Morgan fingerprint density at radius 3 is 2.68 bits per heavy atom. The SMILES string of the molecule is COC(=O)C1(COC2C=CC(c3cc(F)c(N)cc3F)=CN2)CCC1. The van der Waals surface area contributed by atoms with E-state index in [9.17, 15) is 13.6 Å². The molecule has 25 heavy (non-hydrogen) atoms. The van der Waals surface area contributed by atoms with Gasteiger partial charge in [-0.2, -0.15) is 0 Å². The summed E-state index contributed by atoms with van der Waals surface area (Å²) in [5.41, 5.74) is 5.13. The lowest BCUT2D eigenvalue weighted by Crippen LogP contribution is -2.45. The van der Waals surface area contributed by atoms with Crippen LogP contribution in [0.1, 0.15) is 24.8 Å². The molecule has 7 heteroatoms. The molecule has 1 saturated carbocycles. The number of allylic oxidation sites excluding steroid dienone is 2. The van der Waals surface area contributed by atoms with Crippen molar-refractivity contribution in [2.75, 3.05) is 19.5 Å². The Labute approximate surface area is 144 Å². The number of anilines is 1. The first-order valence-electron chi connectivity index (χ1n) is 8.04. The molecule has 0 spiro atoms. The molecule has 1 aromatic rings. The number of dihydropyridines is 1. The Balaban J connectivity index is 1.63. The lowest BCUT2D eigenvalue weighted by atomic mass is 9.69. The fourth-order valence-corrected chi connectivity index (χ4v) is 3.00. The van der Waals surface area contributed by atoms with Crippen LogP contribution in [0.2, 0.25) is 0 Å². The molecule has 0 radical (unpaired) electrons. The van der Waals surface area contributed by atoms with Crippen molar-refractivity contribution in [3.8, 4) is 0 Å². The number of benzene rings is 1. The molecule has 2 aliphatic rings. The zero-order valence-electron chi connectivity index (χ0n) is 13.9. The maximum Gasteiger partial charge on any atom is 0.314 e. The van der Waals surface area contributed by atoms with Gasteiger partial charge >= 0.3 is 5.97 Å². The van der Waals surface area contributed by atoms with Gasteiger partial charge < -0.3 is 20.5 Å². The van der Waals surface area contributed by atoms with E-state index in [0.717, 1.165) is 31.4 Å². The highest BCUT2D eigenvalue weighted by atomic mass is 19.1. The van der Waals surface area contributed by atoms with Crippen molar-refractivity contribution >= 4 is 17.2 Å². The Bertz CT molecular complexity index is 742. The Kier molecular flexibility index (Phi) is 4.76. The minimum Gasteiger partial charge on any atom is -0.469 e. The number of carbonyl (C=O) groups is 1. The number of ether oxygens (including phenoxy) is 2. The number of hydrogen-bond acceptors (Lipinski definition) is 5. The van der Waals surface area contributed by atoms with E-state index in [4.69, 9.17) is 15.2 Å². The van der Waals surface area contributed by atoms with Crippen LogP contribution in [0.5, 0.6) is 0 Å². The first-order valence-corrected chi connectivity index (χ1v) is 8.04. The summed E-state index contributed by atoms with van der Waals surface area (Å²) < 4.78 is 38.1. The van der Waals surface area contributed by atoms with Gasteiger partial charge in [-0.15, -0.1) is 0 Å². The Morgan fingerprint density at radius 1 is 1.36 bits per heavy atom. The van der Waals surface area contributed by atoms with Crippen LogP contribution in [0, 0.1) is 17.0 Å². The summed E-state index contributed by atoms with van der Waals surface area (Å²) in [5.74, 6) is -1.53. The van der Waals surface area contributed by atoms with Crippen molar-refractivity contribution < 1.29 is 23.0 Å². The fraction of sp³-hybridized carbons (Fsp3) is 0.389. The van der Waals surface area contributed by atoms with Crippen LogP contribution in [-0.2, 0) is 14.3 Å². The second-order valence-electron chi connectivity index (χ2n) is 6.34. The summed E-state index contributed by atoms with van der Waals surface area (Å²) in [7, 11) is 1.37.